The Kier molecular flexibility index (Phi) is 9.20. The van der Waals surface area contributed by atoms with Gasteiger partial charge in [0.05, 0.1) is 49.1 Å². The summed E-state index contributed by atoms with van der Waals surface area (Å²) in [7, 11) is 3.19. The van der Waals surface area contributed by atoms with Crippen molar-refractivity contribution in [3.63, 3.8) is 0 Å². The molecule has 1 N–H and O–H groups in total. The predicted octanol–water partition coefficient (Wildman–Crippen LogP) is 6.21. The van der Waals surface area contributed by atoms with Crippen LogP contribution < -0.4 is 14.8 Å². The molecule has 0 aliphatic carbocycles. The van der Waals surface area contributed by atoms with Gasteiger partial charge in [0.25, 0.3) is 0 Å². The Morgan fingerprint density at radius 2 is 1.73 bits per heavy atom. The van der Waals surface area contributed by atoms with Crippen LogP contribution in [0.25, 0.3) is 11.3 Å². The average molecular weight is 630 g/mol. The molecule has 0 amide bonds. The number of methoxy groups -OCH3 is 2. The van der Waals surface area contributed by atoms with Gasteiger partial charge in [0.1, 0.15) is 22.0 Å². The lowest BCUT2D eigenvalue weighted by molar-refractivity contribution is -0.152. The first-order valence-corrected chi connectivity index (χ1v) is 14.6. The van der Waals surface area contributed by atoms with Gasteiger partial charge in [0.15, 0.2) is 0 Å². The molecule has 3 atom stereocenters. The second-order valence-electron chi connectivity index (χ2n) is 9.43. The molecule has 0 fully saturated rings. The predicted molar refractivity (Wildman–Crippen MR) is 157 cm³/mol. The Morgan fingerprint density at radius 3 is 2.35 bits per heavy atom. The van der Waals surface area contributed by atoms with Gasteiger partial charge in [-0.2, -0.15) is 0 Å². The molecule has 0 bridgehead atoms. The quantitative estimate of drug-likeness (QED) is 0.280. The Labute approximate surface area is 246 Å². The highest BCUT2D eigenvalue weighted by Gasteiger charge is 2.54. The van der Waals surface area contributed by atoms with Gasteiger partial charge in [-0.15, -0.1) is 11.3 Å². The number of benzene rings is 2. The molecule has 1 aliphatic rings. The summed E-state index contributed by atoms with van der Waals surface area (Å²) in [5.41, 5.74) is 2.28. The molecule has 10 heteroatoms. The fourth-order valence-electron chi connectivity index (χ4n) is 5.26. The first kappa shape index (κ1) is 29.6. The minimum atomic E-state index is -1.01. The highest BCUT2D eigenvalue weighted by molar-refractivity contribution is 9.10. The Balaban J connectivity index is 1.91. The molecule has 212 valence electrons. The van der Waals surface area contributed by atoms with E-state index in [0.29, 0.717) is 33.5 Å². The second kappa shape index (κ2) is 12.4. The Hall–Kier alpha value is -3.37. The monoisotopic (exact) mass is 628 g/mol. The molecule has 1 aromatic heterocycles. The lowest BCUT2D eigenvalue weighted by atomic mass is 9.67. The third-order valence-electron chi connectivity index (χ3n) is 7.01. The van der Waals surface area contributed by atoms with Crippen molar-refractivity contribution < 1.29 is 28.5 Å². The zero-order valence-electron chi connectivity index (χ0n) is 23.4. The number of carbonyl (C=O) groups excluding carboxylic acids is 2. The fourth-order valence-corrected chi connectivity index (χ4v) is 6.74. The number of carbonyl (C=O) groups is 2. The van der Waals surface area contributed by atoms with E-state index < -0.39 is 29.3 Å². The van der Waals surface area contributed by atoms with E-state index in [-0.39, 0.29) is 13.2 Å². The van der Waals surface area contributed by atoms with E-state index in [9.17, 15) is 9.59 Å². The molecule has 0 saturated carbocycles. The summed E-state index contributed by atoms with van der Waals surface area (Å²) in [6.45, 7) is 7.71. The molecule has 40 heavy (non-hydrogen) atoms. The minimum Gasteiger partial charge on any atom is -0.496 e. The molecular weight excluding hydrogens is 596 g/mol. The van der Waals surface area contributed by atoms with Crippen LogP contribution >= 0.6 is 27.3 Å². The number of aromatic nitrogens is 1. The maximum atomic E-state index is 13.8. The molecule has 3 aromatic rings. The van der Waals surface area contributed by atoms with Gasteiger partial charge in [-0.05, 0) is 55.3 Å². The number of rotatable bonds is 9. The van der Waals surface area contributed by atoms with E-state index in [2.05, 4.69) is 21.2 Å². The topological polar surface area (TPSA) is 96.0 Å². The molecule has 0 radical (unpaired) electrons. The number of halogens is 1. The molecule has 3 unspecified atom stereocenters. The molecule has 0 spiro atoms. The van der Waals surface area contributed by atoms with E-state index in [4.69, 9.17) is 23.9 Å². The van der Waals surface area contributed by atoms with E-state index in [1.54, 1.807) is 34.1 Å². The lowest BCUT2D eigenvalue weighted by Gasteiger charge is -2.45. The van der Waals surface area contributed by atoms with E-state index >= 15 is 0 Å². The summed E-state index contributed by atoms with van der Waals surface area (Å²) < 4.78 is 22.9. The minimum absolute atomic E-state index is 0.199. The largest absolute Gasteiger partial charge is 0.496 e. The zero-order chi connectivity index (χ0) is 29.0. The van der Waals surface area contributed by atoms with Crippen molar-refractivity contribution in [3.05, 3.63) is 74.2 Å². The van der Waals surface area contributed by atoms with E-state index in [1.807, 2.05) is 55.6 Å². The number of esters is 2. The van der Waals surface area contributed by atoms with Crippen LogP contribution in [0, 0.1) is 5.92 Å². The Bertz CT molecular complexity index is 1420. The summed E-state index contributed by atoms with van der Waals surface area (Å²) in [6.07, 6.45) is 0. The highest BCUT2D eigenvalue weighted by Crippen LogP contribution is 2.50. The van der Waals surface area contributed by atoms with Crippen LogP contribution in [-0.2, 0) is 24.6 Å². The van der Waals surface area contributed by atoms with E-state index in [0.717, 1.165) is 15.6 Å². The number of hydrogen-bond donors (Lipinski definition) is 1. The number of thiazole rings is 1. The van der Waals surface area contributed by atoms with Gasteiger partial charge in [0, 0.05) is 28.6 Å². The molecule has 1 aliphatic heterocycles. The van der Waals surface area contributed by atoms with Crippen molar-refractivity contribution >= 4 is 39.2 Å². The normalized spacial score (nSPS) is 20.5. The fraction of sp³-hybridized carbons (Fsp3) is 0.367. The van der Waals surface area contributed by atoms with E-state index in [1.165, 1.54) is 11.3 Å². The van der Waals surface area contributed by atoms with Crippen LogP contribution in [0.3, 0.4) is 0 Å². The van der Waals surface area contributed by atoms with Gasteiger partial charge < -0.3 is 24.3 Å². The number of hydrogen-bond acceptors (Lipinski definition) is 9. The van der Waals surface area contributed by atoms with Crippen LogP contribution in [0.15, 0.2) is 63.6 Å². The molecule has 0 saturated heterocycles. The Morgan fingerprint density at radius 1 is 1.05 bits per heavy atom. The third kappa shape index (κ3) is 5.47. The molecular formula is C30H33BrN2O6S. The first-order valence-electron chi connectivity index (χ1n) is 13.0. The van der Waals surface area contributed by atoms with Crippen molar-refractivity contribution in [2.24, 2.45) is 5.92 Å². The van der Waals surface area contributed by atoms with Gasteiger partial charge >= 0.3 is 11.9 Å². The summed E-state index contributed by atoms with van der Waals surface area (Å²) in [6, 6.07) is 13.2. The van der Waals surface area contributed by atoms with Crippen molar-refractivity contribution in [1.29, 1.82) is 0 Å². The smallest absolute Gasteiger partial charge is 0.336 e. The highest BCUT2D eigenvalue weighted by atomic mass is 79.9. The van der Waals surface area contributed by atoms with Crippen LogP contribution in [-0.4, -0.2) is 44.4 Å². The summed E-state index contributed by atoms with van der Waals surface area (Å²) in [4.78, 5) is 32.1. The van der Waals surface area contributed by atoms with Crippen molar-refractivity contribution in [1.82, 2.24) is 10.3 Å². The van der Waals surface area contributed by atoms with Crippen molar-refractivity contribution in [2.45, 2.75) is 39.2 Å². The SMILES string of the molecule is CCOC(=O)C1=C(C)NC(C)(c2nc(-c3cc(Br)c(OC)cc3OC)cs2)C(C(=O)OCC)C1c1ccccc1. The van der Waals surface area contributed by atoms with Crippen LogP contribution in [0.2, 0.25) is 0 Å². The molecule has 8 nitrogen and oxygen atoms in total. The van der Waals surface area contributed by atoms with Crippen molar-refractivity contribution in [2.75, 3.05) is 27.4 Å². The number of ether oxygens (including phenoxy) is 4. The van der Waals surface area contributed by atoms with Crippen LogP contribution in [0.4, 0.5) is 0 Å². The second-order valence-corrected chi connectivity index (χ2v) is 11.1. The summed E-state index contributed by atoms with van der Waals surface area (Å²) >= 11 is 4.97. The van der Waals surface area contributed by atoms with Gasteiger partial charge in [-0.1, -0.05) is 30.3 Å². The number of nitrogens with zero attached hydrogens (tertiary/aromatic N) is 1. The van der Waals surface area contributed by atoms with Gasteiger partial charge in [-0.25, -0.2) is 9.78 Å². The average Bonchev–Trinajstić information content (AvgIpc) is 3.44. The maximum Gasteiger partial charge on any atom is 0.336 e. The standard InChI is InChI=1S/C30H33BrN2O6S/c1-7-38-27(34)24-17(3)33-30(4,26(28(35)39-8-2)25(24)18-12-10-9-11-13-18)29-32-21(16-40-29)19-14-20(31)23(37-6)15-22(19)36-5/h9-16,25-26,33H,7-8H2,1-6H3. The summed E-state index contributed by atoms with van der Waals surface area (Å²) in [5, 5.41) is 6.07. The molecule has 2 heterocycles. The molecule has 2 aromatic carbocycles. The first-order chi connectivity index (χ1) is 19.2. The van der Waals surface area contributed by atoms with Gasteiger partial charge in [-0.3, -0.25) is 4.79 Å². The molecule has 4 rings (SSSR count). The third-order valence-corrected chi connectivity index (χ3v) is 8.71. The lowest BCUT2D eigenvalue weighted by Crippen LogP contribution is -2.55. The maximum absolute atomic E-state index is 13.8. The van der Waals surface area contributed by atoms with Crippen molar-refractivity contribution in [3.8, 4) is 22.8 Å². The van der Waals surface area contributed by atoms with Gasteiger partial charge in [0.2, 0.25) is 0 Å². The number of allylic oxidation sites excluding steroid dienone is 1. The van der Waals surface area contributed by atoms with Crippen LogP contribution in [0.5, 0.6) is 11.5 Å². The summed E-state index contributed by atoms with van der Waals surface area (Å²) in [5.74, 6) is -1.10. The van der Waals surface area contributed by atoms with Crippen LogP contribution in [0.1, 0.15) is 44.2 Å². The number of nitrogens with one attached hydrogen (secondary N) is 1. The zero-order valence-corrected chi connectivity index (χ0v) is 25.8.